The summed E-state index contributed by atoms with van der Waals surface area (Å²) in [6.07, 6.45) is 4.36. The van der Waals surface area contributed by atoms with Gasteiger partial charge in [0.05, 0.1) is 0 Å². The van der Waals surface area contributed by atoms with Gasteiger partial charge in [0.2, 0.25) is 0 Å². The van der Waals surface area contributed by atoms with Crippen LogP contribution in [0.1, 0.15) is 18.4 Å². The molecule has 1 aromatic rings. The SMILES string of the molecule is C=CCNC(=NC)NCC1CCCN1Cc1ccccc1.I. The van der Waals surface area contributed by atoms with Crippen molar-refractivity contribution in [3.8, 4) is 0 Å². The van der Waals surface area contributed by atoms with Crippen LogP contribution < -0.4 is 10.6 Å². The number of nitrogens with zero attached hydrogens (tertiary/aromatic N) is 2. The van der Waals surface area contributed by atoms with Crippen LogP contribution in [0.4, 0.5) is 0 Å². The first kappa shape index (κ1) is 19.0. The highest BCUT2D eigenvalue weighted by molar-refractivity contribution is 14.0. The minimum atomic E-state index is 0. The second-order valence-corrected chi connectivity index (χ2v) is 5.37. The summed E-state index contributed by atoms with van der Waals surface area (Å²) in [7, 11) is 1.80. The molecule has 0 amide bonds. The summed E-state index contributed by atoms with van der Waals surface area (Å²) < 4.78 is 0. The van der Waals surface area contributed by atoms with Gasteiger partial charge in [-0.05, 0) is 24.9 Å². The molecule has 1 fully saturated rings. The summed E-state index contributed by atoms with van der Waals surface area (Å²) in [5, 5.41) is 6.62. The van der Waals surface area contributed by atoms with E-state index in [2.05, 4.69) is 57.4 Å². The molecule has 0 radical (unpaired) electrons. The maximum absolute atomic E-state index is 4.22. The van der Waals surface area contributed by atoms with Gasteiger partial charge in [-0.1, -0.05) is 36.4 Å². The molecule has 1 unspecified atom stereocenters. The third-order valence-corrected chi connectivity index (χ3v) is 3.87. The Morgan fingerprint density at radius 2 is 2.14 bits per heavy atom. The van der Waals surface area contributed by atoms with Crippen molar-refractivity contribution >= 4 is 29.9 Å². The van der Waals surface area contributed by atoms with E-state index in [-0.39, 0.29) is 24.0 Å². The van der Waals surface area contributed by atoms with Crippen LogP contribution >= 0.6 is 24.0 Å². The number of hydrogen-bond donors (Lipinski definition) is 2. The highest BCUT2D eigenvalue weighted by Gasteiger charge is 2.24. The van der Waals surface area contributed by atoms with Crippen molar-refractivity contribution in [2.24, 2.45) is 4.99 Å². The fraction of sp³-hybridized carbons (Fsp3) is 0.471. The molecule has 2 N–H and O–H groups in total. The molecule has 22 heavy (non-hydrogen) atoms. The Labute approximate surface area is 151 Å². The fourth-order valence-electron chi connectivity index (χ4n) is 2.76. The molecule has 0 saturated carbocycles. The van der Waals surface area contributed by atoms with E-state index in [4.69, 9.17) is 0 Å². The van der Waals surface area contributed by atoms with Gasteiger partial charge in [-0.15, -0.1) is 30.6 Å². The molecule has 0 aromatic heterocycles. The van der Waals surface area contributed by atoms with Gasteiger partial charge in [0.15, 0.2) is 5.96 Å². The Morgan fingerprint density at radius 1 is 1.36 bits per heavy atom. The van der Waals surface area contributed by atoms with E-state index >= 15 is 0 Å². The van der Waals surface area contributed by atoms with Gasteiger partial charge in [0.25, 0.3) is 0 Å². The van der Waals surface area contributed by atoms with Crippen molar-refractivity contribution in [3.63, 3.8) is 0 Å². The summed E-state index contributed by atoms with van der Waals surface area (Å²) in [6, 6.07) is 11.3. The van der Waals surface area contributed by atoms with E-state index in [0.717, 1.165) is 25.6 Å². The maximum atomic E-state index is 4.22. The molecule has 0 aliphatic carbocycles. The molecule has 1 heterocycles. The van der Waals surface area contributed by atoms with Crippen LogP contribution in [0.25, 0.3) is 0 Å². The number of nitrogens with one attached hydrogen (secondary N) is 2. The lowest BCUT2D eigenvalue weighted by molar-refractivity contribution is 0.245. The predicted octanol–water partition coefficient (Wildman–Crippen LogP) is 2.62. The fourth-order valence-corrected chi connectivity index (χ4v) is 2.76. The summed E-state index contributed by atoms with van der Waals surface area (Å²) in [4.78, 5) is 6.78. The molecule has 1 aliphatic rings. The zero-order chi connectivity index (χ0) is 14.9. The van der Waals surface area contributed by atoms with Crippen molar-refractivity contribution in [2.75, 3.05) is 26.7 Å². The maximum Gasteiger partial charge on any atom is 0.191 e. The summed E-state index contributed by atoms with van der Waals surface area (Å²) in [5.41, 5.74) is 1.39. The third-order valence-electron chi connectivity index (χ3n) is 3.87. The van der Waals surface area contributed by atoms with Gasteiger partial charge >= 0.3 is 0 Å². The number of rotatable bonds is 6. The minimum Gasteiger partial charge on any atom is -0.355 e. The van der Waals surface area contributed by atoms with Gasteiger partial charge < -0.3 is 10.6 Å². The molecule has 0 bridgehead atoms. The van der Waals surface area contributed by atoms with Gasteiger partial charge in [-0.2, -0.15) is 0 Å². The lowest BCUT2D eigenvalue weighted by Gasteiger charge is -2.25. The second-order valence-electron chi connectivity index (χ2n) is 5.37. The number of hydrogen-bond acceptors (Lipinski definition) is 2. The lowest BCUT2D eigenvalue weighted by Crippen LogP contribution is -2.44. The average molecular weight is 414 g/mol. The van der Waals surface area contributed by atoms with Crippen molar-refractivity contribution in [3.05, 3.63) is 48.6 Å². The molecule has 1 saturated heterocycles. The van der Waals surface area contributed by atoms with Gasteiger partial charge in [0, 0.05) is 32.7 Å². The standard InChI is InChI=1S/C17H26N4.HI/c1-3-11-19-17(18-2)20-13-16-10-7-12-21(16)14-15-8-5-4-6-9-15;/h3-6,8-9,16H,1,7,10-14H2,2H3,(H2,18,19,20);1H. The molecule has 122 valence electrons. The van der Waals surface area contributed by atoms with E-state index in [1.165, 1.54) is 24.9 Å². The third kappa shape index (κ3) is 5.96. The van der Waals surface area contributed by atoms with Crippen molar-refractivity contribution < 1.29 is 0 Å². The van der Waals surface area contributed by atoms with E-state index in [1.54, 1.807) is 7.05 Å². The highest BCUT2D eigenvalue weighted by Crippen LogP contribution is 2.19. The highest BCUT2D eigenvalue weighted by atomic mass is 127. The Balaban J connectivity index is 0.00000242. The average Bonchev–Trinajstić information content (AvgIpc) is 2.96. The molecular formula is C17H27IN4. The Bertz CT molecular complexity index is 461. The normalized spacial score (nSPS) is 18.6. The predicted molar refractivity (Wildman–Crippen MR) is 105 cm³/mol. The number of aliphatic imine (C=N–C) groups is 1. The monoisotopic (exact) mass is 414 g/mol. The molecule has 2 rings (SSSR count). The van der Waals surface area contributed by atoms with Gasteiger partial charge in [-0.25, -0.2) is 0 Å². The molecule has 0 spiro atoms. The van der Waals surface area contributed by atoms with Crippen LogP contribution in [0.15, 0.2) is 48.0 Å². The summed E-state index contributed by atoms with van der Waals surface area (Å²) in [6.45, 7) is 7.59. The van der Waals surface area contributed by atoms with Gasteiger partial charge in [0.1, 0.15) is 0 Å². The van der Waals surface area contributed by atoms with Gasteiger partial charge in [-0.3, -0.25) is 9.89 Å². The van der Waals surface area contributed by atoms with E-state index in [9.17, 15) is 0 Å². The smallest absolute Gasteiger partial charge is 0.191 e. The Hall–Kier alpha value is -1.08. The minimum absolute atomic E-state index is 0. The van der Waals surface area contributed by atoms with Crippen molar-refractivity contribution in [1.82, 2.24) is 15.5 Å². The lowest BCUT2D eigenvalue weighted by atomic mass is 10.2. The van der Waals surface area contributed by atoms with Crippen LogP contribution in [0, 0.1) is 0 Å². The number of guanidine groups is 1. The summed E-state index contributed by atoms with van der Waals surface area (Å²) in [5.74, 6) is 0.849. The summed E-state index contributed by atoms with van der Waals surface area (Å²) >= 11 is 0. The molecule has 4 nitrogen and oxygen atoms in total. The Kier molecular flexibility index (Phi) is 9.15. The first-order valence-electron chi connectivity index (χ1n) is 7.67. The van der Waals surface area contributed by atoms with E-state index in [0.29, 0.717) is 6.04 Å². The largest absolute Gasteiger partial charge is 0.355 e. The van der Waals surface area contributed by atoms with E-state index < -0.39 is 0 Å². The van der Waals surface area contributed by atoms with Crippen LogP contribution in [-0.2, 0) is 6.54 Å². The molecule has 1 aromatic carbocycles. The molecule has 1 atom stereocenters. The van der Waals surface area contributed by atoms with Crippen LogP contribution in [0.3, 0.4) is 0 Å². The topological polar surface area (TPSA) is 39.7 Å². The molecule has 5 heteroatoms. The number of likely N-dealkylation sites (tertiary alicyclic amines) is 1. The van der Waals surface area contributed by atoms with Crippen LogP contribution in [-0.4, -0.2) is 43.6 Å². The number of halogens is 1. The first-order chi connectivity index (χ1) is 10.3. The Morgan fingerprint density at radius 3 is 2.82 bits per heavy atom. The second kappa shape index (κ2) is 10.6. The van der Waals surface area contributed by atoms with Crippen molar-refractivity contribution in [1.29, 1.82) is 0 Å². The molecule has 1 aliphatic heterocycles. The van der Waals surface area contributed by atoms with E-state index in [1.807, 2.05) is 6.08 Å². The number of benzene rings is 1. The van der Waals surface area contributed by atoms with Crippen LogP contribution in [0.5, 0.6) is 0 Å². The quantitative estimate of drug-likeness (QED) is 0.326. The van der Waals surface area contributed by atoms with Crippen molar-refractivity contribution in [2.45, 2.75) is 25.4 Å². The van der Waals surface area contributed by atoms with Crippen LogP contribution in [0.2, 0.25) is 0 Å². The first-order valence-corrected chi connectivity index (χ1v) is 7.67. The molecular weight excluding hydrogens is 387 g/mol. The zero-order valence-corrected chi connectivity index (χ0v) is 15.6. The zero-order valence-electron chi connectivity index (χ0n) is 13.3.